The first-order valence-electron chi connectivity index (χ1n) is 8.58. The number of amides is 1. The molecule has 2 aromatic heterocycles. The molecule has 1 aromatic carbocycles. The molecule has 5 nitrogen and oxygen atoms in total. The summed E-state index contributed by atoms with van der Waals surface area (Å²) < 4.78 is 1.53. The largest absolute Gasteiger partial charge is 0.350 e. The van der Waals surface area contributed by atoms with Gasteiger partial charge in [0, 0.05) is 37.6 Å². The summed E-state index contributed by atoms with van der Waals surface area (Å²) in [6.45, 7) is 2.32. The lowest BCUT2D eigenvalue weighted by atomic mass is 10.0. The Kier molecular flexibility index (Phi) is 5.59. The van der Waals surface area contributed by atoms with E-state index in [1.54, 1.807) is 24.5 Å². The molecule has 2 heterocycles. The normalized spacial score (nSPS) is 11.7. The fourth-order valence-electron chi connectivity index (χ4n) is 2.76. The molecule has 0 aliphatic carbocycles. The number of carbonyl (C=O) groups is 1. The summed E-state index contributed by atoms with van der Waals surface area (Å²) in [5.74, 6) is -0.0791. The predicted octanol–water partition coefficient (Wildman–Crippen LogP) is 3.18. The van der Waals surface area contributed by atoms with E-state index in [-0.39, 0.29) is 23.9 Å². The van der Waals surface area contributed by atoms with Crippen LogP contribution in [0.1, 0.15) is 24.9 Å². The van der Waals surface area contributed by atoms with Crippen LogP contribution >= 0.6 is 0 Å². The number of aromatic nitrogens is 2. The molecule has 0 radical (unpaired) electrons. The van der Waals surface area contributed by atoms with Gasteiger partial charge in [0.2, 0.25) is 5.91 Å². The number of nitrogens with one attached hydrogen (secondary N) is 1. The van der Waals surface area contributed by atoms with Crippen LogP contribution in [0.5, 0.6) is 0 Å². The Balaban J connectivity index is 1.57. The van der Waals surface area contributed by atoms with Crippen LogP contribution in [0.4, 0.5) is 0 Å². The third-order valence-corrected chi connectivity index (χ3v) is 4.26. The maximum Gasteiger partial charge on any atom is 0.250 e. The fraction of sp³-hybridized carbons (Fsp3) is 0.190. The number of hydrogen-bond acceptors (Lipinski definition) is 3. The van der Waals surface area contributed by atoms with Crippen molar-refractivity contribution in [3.8, 4) is 11.1 Å². The zero-order valence-corrected chi connectivity index (χ0v) is 14.6. The van der Waals surface area contributed by atoms with Gasteiger partial charge in [0.1, 0.15) is 0 Å². The Bertz CT molecular complexity index is 918. The Hall–Kier alpha value is -3.21. The molecule has 3 rings (SSSR count). The molecule has 0 unspecified atom stereocenters. The van der Waals surface area contributed by atoms with Crippen LogP contribution in [0.3, 0.4) is 0 Å². The first-order chi connectivity index (χ1) is 12.6. The molecule has 5 heteroatoms. The van der Waals surface area contributed by atoms with Gasteiger partial charge in [0.15, 0.2) is 0 Å². The molecule has 1 amide bonds. The van der Waals surface area contributed by atoms with Crippen molar-refractivity contribution in [2.45, 2.75) is 25.9 Å². The topological polar surface area (TPSA) is 64.0 Å². The van der Waals surface area contributed by atoms with Crippen molar-refractivity contribution in [2.75, 3.05) is 0 Å². The number of nitrogens with zero attached hydrogens (tertiary/aromatic N) is 2. The van der Waals surface area contributed by atoms with Crippen LogP contribution < -0.4 is 10.9 Å². The molecule has 0 aliphatic heterocycles. The highest BCUT2D eigenvalue weighted by Crippen LogP contribution is 2.21. The summed E-state index contributed by atoms with van der Waals surface area (Å²) in [5.41, 5.74) is 3.08. The van der Waals surface area contributed by atoms with Crippen molar-refractivity contribution in [3.63, 3.8) is 0 Å². The van der Waals surface area contributed by atoms with Gasteiger partial charge in [-0.1, -0.05) is 36.4 Å². The Morgan fingerprint density at radius 2 is 1.88 bits per heavy atom. The number of rotatable bonds is 6. The number of hydrogen-bond donors (Lipinski definition) is 1. The average molecular weight is 347 g/mol. The Morgan fingerprint density at radius 3 is 2.58 bits per heavy atom. The molecule has 26 heavy (non-hydrogen) atoms. The lowest BCUT2D eigenvalue weighted by Gasteiger charge is -2.15. The second-order valence-electron chi connectivity index (χ2n) is 6.14. The summed E-state index contributed by atoms with van der Waals surface area (Å²) in [4.78, 5) is 27.9. The molecule has 0 fully saturated rings. The third kappa shape index (κ3) is 4.45. The van der Waals surface area contributed by atoms with Gasteiger partial charge >= 0.3 is 0 Å². The summed E-state index contributed by atoms with van der Waals surface area (Å²) in [5, 5.41) is 2.98. The number of aryl methyl sites for hydroxylation is 1. The predicted molar refractivity (Wildman–Crippen MR) is 102 cm³/mol. The minimum absolute atomic E-state index is 0.0791. The van der Waals surface area contributed by atoms with Crippen LogP contribution in [-0.2, 0) is 11.3 Å². The first kappa shape index (κ1) is 17.6. The zero-order chi connectivity index (χ0) is 18.4. The Morgan fingerprint density at radius 1 is 1.08 bits per heavy atom. The molecule has 0 bridgehead atoms. The maximum atomic E-state index is 12.2. The number of benzene rings is 1. The highest BCUT2D eigenvalue weighted by atomic mass is 16.2. The van der Waals surface area contributed by atoms with Crippen molar-refractivity contribution in [3.05, 3.63) is 89.1 Å². The van der Waals surface area contributed by atoms with E-state index < -0.39 is 0 Å². The van der Waals surface area contributed by atoms with Crippen molar-refractivity contribution < 1.29 is 4.79 Å². The van der Waals surface area contributed by atoms with Crippen LogP contribution in [0.15, 0.2) is 78.0 Å². The van der Waals surface area contributed by atoms with Gasteiger partial charge in [-0.15, -0.1) is 0 Å². The molecule has 1 N–H and O–H groups in total. The number of pyridine rings is 2. The van der Waals surface area contributed by atoms with Gasteiger partial charge < -0.3 is 9.88 Å². The van der Waals surface area contributed by atoms with E-state index in [0.717, 1.165) is 16.7 Å². The summed E-state index contributed by atoms with van der Waals surface area (Å²) in [6.07, 6.45) is 5.53. The number of carbonyl (C=O) groups excluding carboxylic acids is 1. The van der Waals surface area contributed by atoms with E-state index >= 15 is 0 Å². The van der Waals surface area contributed by atoms with Crippen molar-refractivity contribution >= 4 is 5.91 Å². The molecular formula is C21H21N3O2. The van der Waals surface area contributed by atoms with Gasteiger partial charge in [-0.3, -0.25) is 14.6 Å². The van der Waals surface area contributed by atoms with E-state index in [1.165, 1.54) is 10.6 Å². The maximum absolute atomic E-state index is 12.2. The van der Waals surface area contributed by atoms with Gasteiger partial charge in [-0.25, -0.2) is 0 Å². The summed E-state index contributed by atoms with van der Waals surface area (Å²) >= 11 is 0. The minimum Gasteiger partial charge on any atom is -0.350 e. The Labute approximate surface area is 152 Å². The van der Waals surface area contributed by atoms with Crippen LogP contribution in [0.25, 0.3) is 11.1 Å². The van der Waals surface area contributed by atoms with Gasteiger partial charge in [-0.2, -0.15) is 0 Å². The molecule has 1 atom stereocenters. The SMILES string of the molecule is C[C@H](NC(=O)CCn1ccccc1=O)c1ccc(-c2cccnc2)cc1. The van der Waals surface area contributed by atoms with Crippen LogP contribution in [0, 0.1) is 0 Å². The summed E-state index contributed by atoms with van der Waals surface area (Å²) in [7, 11) is 0. The lowest BCUT2D eigenvalue weighted by Crippen LogP contribution is -2.29. The van der Waals surface area contributed by atoms with Gasteiger partial charge in [-0.05, 0) is 35.7 Å². The lowest BCUT2D eigenvalue weighted by molar-refractivity contribution is -0.121. The minimum atomic E-state index is -0.0991. The first-order valence-corrected chi connectivity index (χ1v) is 8.58. The molecule has 3 aromatic rings. The molecule has 132 valence electrons. The van der Waals surface area contributed by atoms with Crippen molar-refractivity contribution in [1.29, 1.82) is 0 Å². The second-order valence-corrected chi connectivity index (χ2v) is 6.14. The van der Waals surface area contributed by atoms with Gasteiger partial charge in [0.25, 0.3) is 5.56 Å². The van der Waals surface area contributed by atoms with E-state index in [0.29, 0.717) is 6.54 Å². The molecule has 0 spiro atoms. The van der Waals surface area contributed by atoms with Crippen LogP contribution in [-0.4, -0.2) is 15.5 Å². The van der Waals surface area contributed by atoms with E-state index in [2.05, 4.69) is 10.3 Å². The van der Waals surface area contributed by atoms with E-state index in [1.807, 2.05) is 49.5 Å². The molecular weight excluding hydrogens is 326 g/mol. The van der Waals surface area contributed by atoms with E-state index in [4.69, 9.17) is 0 Å². The average Bonchev–Trinajstić information content (AvgIpc) is 2.68. The molecule has 0 saturated heterocycles. The third-order valence-electron chi connectivity index (χ3n) is 4.26. The van der Waals surface area contributed by atoms with Crippen molar-refractivity contribution in [1.82, 2.24) is 14.9 Å². The molecule has 0 aliphatic rings. The monoisotopic (exact) mass is 347 g/mol. The molecule has 0 saturated carbocycles. The van der Waals surface area contributed by atoms with Gasteiger partial charge in [0.05, 0.1) is 6.04 Å². The second kappa shape index (κ2) is 8.25. The smallest absolute Gasteiger partial charge is 0.250 e. The quantitative estimate of drug-likeness (QED) is 0.745. The zero-order valence-electron chi connectivity index (χ0n) is 14.6. The highest BCUT2D eigenvalue weighted by Gasteiger charge is 2.10. The van der Waals surface area contributed by atoms with Crippen LogP contribution in [0.2, 0.25) is 0 Å². The fourth-order valence-corrected chi connectivity index (χ4v) is 2.76. The highest BCUT2D eigenvalue weighted by molar-refractivity contribution is 5.76. The standard InChI is InChI=1S/C21H21N3O2/c1-16(23-20(25)11-14-24-13-3-2-6-21(24)26)17-7-9-18(10-8-17)19-5-4-12-22-15-19/h2-10,12-13,15-16H,11,14H2,1H3,(H,23,25)/t16-/m0/s1. The summed E-state index contributed by atoms with van der Waals surface area (Å²) in [6, 6.07) is 16.9. The van der Waals surface area contributed by atoms with E-state index in [9.17, 15) is 9.59 Å². The van der Waals surface area contributed by atoms with Crippen molar-refractivity contribution in [2.24, 2.45) is 0 Å².